The van der Waals surface area contributed by atoms with Crippen LogP contribution in [0.5, 0.6) is 0 Å². The molecule has 0 spiro atoms. The number of alkyl halides is 5. The van der Waals surface area contributed by atoms with Crippen LogP contribution < -0.4 is 0 Å². The molecule has 15 heteroatoms. The van der Waals surface area contributed by atoms with Crippen LogP contribution in [0.1, 0.15) is 10.5 Å². The summed E-state index contributed by atoms with van der Waals surface area (Å²) in [4.78, 5) is 21.5. The van der Waals surface area contributed by atoms with Gasteiger partial charge in [-0.2, -0.15) is 18.3 Å². The Hall–Kier alpha value is -3.75. The van der Waals surface area contributed by atoms with Gasteiger partial charge >= 0.3 is 6.18 Å². The van der Waals surface area contributed by atoms with E-state index in [9.17, 15) is 35.5 Å². The molecule has 190 valence electrons. The van der Waals surface area contributed by atoms with E-state index in [0.717, 1.165) is 34.0 Å². The number of halogens is 7. The molecular formula is C21H15F7N6O2. The number of ether oxygens (including phenoxy) is 1. The van der Waals surface area contributed by atoms with Gasteiger partial charge in [0.25, 0.3) is 11.8 Å². The summed E-state index contributed by atoms with van der Waals surface area (Å²) in [6, 6.07) is 1.61. The minimum Gasteiger partial charge on any atom is -0.373 e. The van der Waals surface area contributed by atoms with Gasteiger partial charge in [-0.15, -0.1) is 0 Å². The van der Waals surface area contributed by atoms with Crippen molar-refractivity contribution in [1.82, 2.24) is 29.0 Å². The Morgan fingerprint density at radius 2 is 1.92 bits per heavy atom. The van der Waals surface area contributed by atoms with Gasteiger partial charge in [-0.05, 0) is 6.07 Å². The zero-order valence-corrected chi connectivity index (χ0v) is 18.1. The van der Waals surface area contributed by atoms with E-state index in [0.29, 0.717) is 10.7 Å². The summed E-state index contributed by atoms with van der Waals surface area (Å²) < 4.78 is 102. The topological polar surface area (TPSA) is 77.6 Å². The van der Waals surface area contributed by atoms with Crippen molar-refractivity contribution < 1.29 is 40.3 Å². The van der Waals surface area contributed by atoms with Crippen molar-refractivity contribution in [2.75, 3.05) is 26.3 Å². The molecule has 0 aromatic carbocycles. The zero-order chi connectivity index (χ0) is 25.8. The fourth-order valence-corrected chi connectivity index (χ4v) is 3.99. The van der Waals surface area contributed by atoms with Crippen molar-refractivity contribution in [2.45, 2.75) is 18.6 Å². The lowest BCUT2D eigenvalue weighted by molar-refractivity contribution is -0.141. The molecule has 0 N–H and O–H groups in total. The van der Waals surface area contributed by atoms with Crippen molar-refractivity contribution in [3.63, 3.8) is 0 Å². The Kier molecular flexibility index (Phi) is 5.61. The van der Waals surface area contributed by atoms with E-state index in [1.807, 2.05) is 0 Å². The van der Waals surface area contributed by atoms with Crippen LogP contribution >= 0.6 is 0 Å². The minimum absolute atomic E-state index is 0.0202. The summed E-state index contributed by atoms with van der Waals surface area (Å²) in [7, 11) is 0. The van der Waals surface area contributed by atoms with Gasteiger partial charge in [-0.1, -0.05) is 0 Å². The molecule has 5 heterocycles. The Balaban J connectivity index is 1.63. The molecule has 1 aliphatic heterocycles. The van der Waals surface area contributed by atoms with Crippen molar-refractivity contribution in [1.29, 1.82) is 0 Å². The molecule has 4 aromatic rings. The van der Waals surface area contributed by atoms with Crippen molar-refractivity contribution >= 4 is 22.5 Å². The molecular weight excluding hydrogens is 501 g/mol. The number of aromatic nitrogens is 5. The van der Waals surface area contributed by atoms with Crippen LogP contribution in [0.15, 0.2) is 30.7 Å². The normalized spacial score (nSPS) is 16.6. The second-order valence-corrected chi connectivity index (χ2v) is 8.19. The van der Waals surface area contributed by atoms with E-state index in [4.69, 9.17) is 4.74 Å². The second-order valence-electron chi connectivity index (χ2n) is 8.19. The fraction of sp³-hybridized carbons (Fsp3) is 0.333. The summed E-state index contributed by atoms with van der Waals surface area (Å²) in [5.74, 6) is -6.19. The number of rotatable bonds is 3. The number of carbonyl (C=O) groups is 1. The van der Waals surface area contributed by atoms with Crippen LogP contribution in [-0.2, 0) is 11.3 Å². The summed E-state index contributed by atoms with van der Waals surface area (Å²) in [5, 5.41) is 3.98. The standard InChI is InChI=1S/C21H15F7N6O2/c22-11-3-13(23)18-30-6-16(33(18)7-11)17-12-5-29-14(4-15(12)34(31-17)9-21(26,27)28)19(35)32-1-2-36-10-20(24,25)8-32/h3-7H,1-2,8-10H2. The van der Waals surface area contributed by atoms with E-state index in [2.05, 4.69) is 15.1 Å². The van der Waals surface area contributed by atoms with Gasteiger partial charge in [0.15, 0.2) is 11.5 Å². The smallest absolute Gasteiger partial charge is 0.373 e. The number of amides is 1. The summed E-state index contributed by atoms with van der Waals surface area (Å²) in [5.41, 5.74) is -1.02. The molecule has 1 saturated heterocycles. The lowest BCUT2D eigenvalue weighted by Crippen LogP contribution is -2.41. The fourth-order valence-electron chi connectivity index (χ4n) is 3.99. The van der Waals surface area contributed by atoms with Gasteiger partial charge in [0.1, 0.15) is 30.4 Å². The highest BCUT2D eigenvalue weighted by Gasteiger charge is 2.37. The molecule has 0 saturated carbocycles. The van der Waals surface area contributed by atoms with Gasteiger partial charge in [-0.3, -0.25) is 18.9 Å². The lowest BCUT2D eigenvalue weighted by atomic mass is 10.2. The monoisotopic (exact) mass is 516 g/mol. The van der Waals surface area contributed by atoms with Gasteiger partial charge in [0.05, 0.1) is 30.6 Å². The third-order valence-electron chi connectivity index (χ3n) is 5.48. The van der Waals surface area contributed by atoms with Crippen molar-refractivity contribution in [3.8, 4) is 11.4 Å². The molecule has 4 aromatic heterocycles. The first kappa shape index (κ1) is 24.0. The maximum absolute atomic E-state index is 14.1. The van der Waals surface area contributed by atoms with Crippen molar-refractivity contribution in [3.05, 3.63) is 48.1 Å². The molecule has 0 bridgehead atoms. The highest BCUT2D eigenvalue weighted by atomic mass is 19.4. The summed E-state index contributed by atoms with van der Waals surface area (Å²) >= 11 is 0. The van der Waals surface area contributed by atoms with Gasteiger partial charge in [-0.25, -0.2) is 22.5 Å². The average Bonchev–Trinajstić information content (AvgIpc) is 3.29. The highest BCUT2D eigenvalue weighted by molar-refractivity contribution is 5.99. The maximum Gasteiger partial charge on any atom is 0.408 e. The number of hydrogen-bond acceptors (Lipinski definition) is 5. The predicted molar refractivity (Wildman–Crippen MR) is 109 cm³/mol. The molecule has 1 fully saturated rings. The first-order chi connectivity index (χ1) is 16.9. The molecule has 8 nitrogen and oxygen atoms in total. The summed E-state index contributed by atoms with van der Waals surface area (Å²) in [6.07, 6.45) is -1.66. The Morgan fingerprint density at radius 1 is 1.14 bits per heavy atom. The molecule has 1 amide bonds. The van der Waals surface area contributed by atoms with E-state index in [1.165, 1.54) is 0 Å². The Morgan fingerprint density at radius 3 is 2.67 bits per heavy atom. The number of imidazole rings is 1. The summed E-state index contributed by atoms with van der Waals surface area (Å²) in [6.45, 7) is -3.69. The quantitative estimate of drug-likeness (QED) is 0.389. The Bertz CT molecular complexity index is 1480. The number of pyridine rings is 2. The third kappa shape index (κ3) is 4.45. The largest absolute Gasteiger partial charge is 0.408 e. The molecule has 36 heavy (non-hydrogen) atoms. The van der Waals surface area contributed by atoms with Crippen molar-refractivity contribution in [2.24, 2.45) is 0 Å². The van der Waals surface area contributed by atoms with Crippen LogP contribution in [0.4, 0.5) is 30.7 Å². The van der Waals surface area contributed by atoms with E-state index in [-0.39, 0.29) is 46.8 Å². The van der Waals surface area contributed by atoms with Crippen LogP contribution in [0.25, 0.3) is 27.9 Å². The van der Waals surface area contributed by atoms with Gasteiger partial charge in [0, 0.05) is 30.4 Å². The first-order valence-corrected chi connectivity index (χ1v) is 10.4. The van der Waals surface area contributed by atoms with Crippen LogP contribution in [0, 0.1) is 11.6 Å². The number of nitrogens with zero attached hydrogens (tertiary/aromatic N) is 6. The van der Waals surface area contributed by atoms with Gasteiger partial charge < -0.3 is 9.64 Å². The van der Waals surface area contributed by atoms with Crippen LogP contribution in [0.3, 0.4) is 0 Å². The predicted octanol–water partition coefficient (Wildman–Crippen LogP) is 3.69. The zero-order valence-electron chi connectivity index (χ0n) is 18.1. The van der Waals surface area contributed by atoms with E-state index < -0.39 is 49.3 Å². The lowest BCUT2D eigenvalue weighted by Gasteiger charge is -2.22. The SMILES string of the molecule is O=C(c1cc2c(cn1)c(-c1cnc3c(F)cc(F)cn13)nn2CC(F)(F)F)N1CCOCC(F)(F)C1. The molecule has 0 aliphatic carbocycles. The minimum atomic E-state index is -4.72. The van der Waals surface area contributed by atoms with Gasteiger partial charge in [0.2, 0.25) is 0 Å². The molecule has 0 radical (unpaired) electrons. The number of fused-ring (bicyclic) bond motifs is 2. The second kappa shape index (κ2) is 8.43. The molecule has 5 rings (SSSR count). The van der Waals surface area contributed by atoms with E-state index >= 15 is 0 Å². The number of hydrogen-bond donors (Lipinski definition) is 0. The third-order valence-corrected chi connectivity index (χ3v) is 5.48. The molecule has 0 unspecified atom stereocenters. The highest BCUT2D eigenvalue weighted by Crippen LogP contribution is 2.31. The van der Waals surface area contributed by atoms with Crippen LogP contribution in [-0.4, -0.2) is 73.4 Å². The number of carbonyl (C=O) groups excluding carboxylic acids is 1. The Labute approximate surface area is 196 Å². The molecule has 1 aliphatic rings. The maximum atomic E-state index is 14.1. The van der Waals surface area contributed by atoms with Crippen LogP contribution in [0.2, 0.25) is 0 Å². The van der Waals surface area contributed by atoms with E-state index in [1.54, 1.807) is 0 Å². The first-order valence-electron chi connectivity index (χ1n) is 10.4. The molecule has 0 atom stereocenters. The average molecular weight is 516 g/mol.